The molecular formula is C10H11N3S. The molecule has 0 bridgehead atoms. The number of anilines is 2. The summed E-state index contributed by atoms with van der Waals surface area (Å²) >= 11 is 1.69. The summed E-state index contributed by atoms with van der Waals surface area (Å²) in [6, 6.07) is 7.65. The van der Waals surface area contributed by atoms with Gasteiger partial charge in [-0.25, -0.2) is 4.98 Å². The molecule has 0 aliphatic heterocycles. The Morgan fingerprint density at radius 1 is 1.36 bits per heavy atom. The SMILES string of the molecule is Nc1cccc(NCc2ccsc2)n1. The minimum atomic E-state index is 0.542. The normalized spacial score (nSPS) is 10.0. The molecule has 3 nitrogen and oxygen atoms in total. The van der Waals surface area contributed by atoms with E-state index < -0.39 is 0 Å². The van der Waals surface area contributed by atoms with Crippen LogP contribution in [-0.2, 0) is 6.54 Å². The fraction of sp³-hybridized carbons (Fsp3) is 0.100. The fourth-order valence-corrected chi connectivity index (χ4v) is 1.80. The van der Waals surface area contributed by atoms with E-state index >= 15 is 0 Å². The standard InChI is InChI=1S/C10H11N3S/c11-9-2-1-3-10(13-9)12-6-8-4-5-14-7-8/h1-5,7H,6H2,(H3,11,12,13). The van der Waals surface area contributed by atoms with Crippen molar-refractivity contribution in [2.24, 2.45) is 0 Å². The van der Waals surface area contributed by atoms with Gasteiger partial charge < -0.3 is 11.1 Å². The number of rotatable bonds is 3. The van der Waals surface area contributed by atoms with Gasteiger partial charge in [0.2, 0.25) is 0 Å². The Hall–Kier alpha value is -1.55. The number of nitrogens with two attached hydrogens (primary N) is 1. The average Bonchev–Trinajstić information content (AvgIpc) is 2.67. The van der Waals surface area contributed by atoms with Crippen molar-refractivity contribution >= 4 is 23.0 Å². The van der Waals surface area contributed by atoms with Crippen LogP contribution in [0.25, 0.3) is 0 Å². The number of thiophene rings is 1. The first-order valence-corrected chi connectivity index (χ1v) is 5.26. The lowest BCUT2D eigenvalue weighted by molar-refractivity contribution is 1.12. The Balaban J connectivity index is 1.98. The van der Waals surface area contributed by atoms with Crippen LogP contribution in [0.3, 0.4) is 0 Å². The molecule has 2 aromatic rings. The van der Waals surface area contributed by atoms with Gasteiger partial charge in [0.1, 0.15) is 11.6 Å². The van der Waals surface area contributed by atoms with Crippen molar-refractivity contribution in [2.45, 2.75) is 6.54 Å². The van der Waals surface area contributed by atoms with Gasteiger partial charge in [0.25, 0.3) is 0 Å². The van der Waals surface area contributed by atoms with Crippen LogP contribution in [-0.4, -0.2) is 4.98 Å². The van der Waals surface area contributed by atoms with Gasteiger partial charge >= 0.3 is 0 Å². The van der Waals surface area contributed by atoms with Crippen LogP contribution in [0.2, 0.25) is 0 Å². The van der Waals surface area contributed by atoms with Gasteiger partial charge in [-0.1, -0.05) is 6.07 Å². The Kier molecular flexibility index (Phi) is 2.65. The van der Waals surface area contributed by atoms with Crippen LogP contribution >= 0.6 is 11.3 Å². The number of hydrogen-bond donors (Lipinski definition) is 2. The summed E-state index contributed by atoms with van der Waals surface area (Å²) in [5.41, 5.74) is 6.82. The highest BCUT2D eigenvalue weighted by Crippen LogP contribution is 2.10. The molecule has 72 valence electrons. The van der Waals surface area contributed by atoms with Gasteiger partial charge in [-0.15, -0.1) is 0 Å². The number of nitrogens with one attached hydrogen (secondary N) is 1. The van der Waals surface area contributed by atoms with Crippen molar-refractivity contribution in [3.63, 3.8) is 0 Å². The molecule has 0 unspecified atom stereocenters. The molecule has 0 spiro atoms. The Morgan fingerprint density at radius 2 is 2.29 bits per heavy atom. The lowest BCUT2D eigenvalue weighted by Gasteiger charge is -2.03. The van der Waals surface area contributed by atoms with E-state index in [-0.39, 0.29) is 0 Å². The smallest absolute Gasteiger partial charge is 0.128 e. The van der Waals surface area contributed by atoms with Crippen molar-refractivity contribution in [2.75, 3.05) is 11.1 Å². The van der Waals surface area contributed by atoms with Crippen molar-refractivity contribution in [1.82, 2.24) is 4.98 Å². The topological polar surface area (TPSA) is 50.9 Å². The van der Waals surface area contributed by atoms with E-state index in [4.69, 9.17) is 5.73 Å². The molecule has 0 amide bonds. The van der Waals surface area contributed by atoms with Gasteiger partial charge in [0.15, 0.2) is 0 Å². The largest absolute Gasteiger partial charge is 0.384 e. The van der Waals surface area contributed by atoms with Crippen molar-refractivity contribution in [3.05, 3.63) is 40.6 Å². The summed E-state index contributed by atoms with van der Waals surface area (Å²) in [6.07, 6.45) is 0. The highest BCUT2D eigenvalue weighted by Gasteiger charge is 1.95. The summed E-state index contributed by atoms with van der Waals surface area (Å²) in [4.78, 5) is 4.14. The van der Waals surface area contributed by atoms with Crippen LogP contribution in [0.5, 0.6) is 0 Å². The second-order valence-corrected chi connectivity index (χ2v) is 3.71. The zero-order valence-corrected chi connectivity index (χ0v) is 8.42. The molecule has 0 aromatic carbocycles. The molecule has 2 rings (SSSR count). The number of nitrogen functional groups attached to an aromatic ring is 1. The second-order valence-electron chi connectivity index (χ2n) is 2.93. The highest BCUT2D eigenvalue weighted by atomic mass is 32.1. The quantitative estimate of drug-likeness (QED) is 0.808. The maximum atomic E-state index is 5.56. The second kappa shape index (κ2) is 4.11. The van der Waals surface area contributed by atoms with Gasteiger partial charge in [-0.3, -0.25) is 0 Å². The predicted octanol–water partition coefficient (Wildman–Crippen LogP) is 2.34. The van der Waals surface area contributed by atoms with Crippen LogP contribution < -0.4 is 11.1 Å². The van der Waals surface area contributed by atoms with Gasteiger partial charge in [-0.2, -0.15) is 11.3 Å². The number of nitrogens with zero attached hydrogens (tertiary/aromatic N) is 1. The lowest BCUT2D eigenvalue weighted by atomic mass is 10.3. The van der Waals surface area contributed by atoms with E-state index in [0.29, 0.717) is 5.82 Å². The van der Waals surface area contributed by atoms with E-state index in [1.807, 2.05) is 12.1 Å². The third kappa shape index (κ3) is 2.23. The molecule has 0 saturated heterocycles. The first kappa shape index (κ1) is 9.02. The number of aromatic nitrogens is 1. The fourth-order valence-electron chi connectivity index (χ4n) is 1.14. The lowest BCUT2D eigenvalue weighted by Crippen LogP contribution is -2.01. The zero-order valence-electron chi connectivity index (χ0n) is 7.60. The van der Waals surface area contributed by atoms with Crippen molar-refractivity contribution in [1.29, 1.82) is 0 Å². The molecular weight excluding hydrogens is 194 g/mol. The van der Waals surface area contributed by atoms with Gasteiger partial charge in [0, 0.05) is 6.54 Å². The zero-order chi connectivity index (χ0) is 9.80. The first-order valence-electron chi connectivity index (χ1n) is 4.32. The van der Waals surface area contributed by atoms with E-state index in [0.717, 1.165) is 12.4 Å². The first-order chi connectivity index (χ1) is 6.84. The summed E-state index contributed by atoms with van der Waals surface area (Å²) in [6.45, 7) is 0.792. The van der Waals surface area contributed by atoms with Crippen LogP contribution in [0.15, 0.2) is 35.0 Å². The summed E-state index contributed by atoms with van der Waals surface area (Å²) < 4.78 is 0. The van der Waals surface area contributed by atoms with Crippen LogP contribution in [0.1, 0.15) is 5.56 Å². The summed E-state index contributed by atoms with van der Waals surface area (Å²) in [5, 5.41) is 7.37. The molecule has 0 aliphatic rings. The highest BCUT2D eigenvalue weighted by molar-refractivity contribution is 7.07. The third-order valence-corrected chi connectivity index (χ3v) is 2.56. The Bertz CT molecular complexity index is 398. The van der Waals surface area contributed by atoms with E-state index in [2.05, 4.69) is 27.1 Å². The van der Waals surface area contributed by atoms with Crippen LogP contribution in [0, 0.1) is 0 Å². The molecule has 14 heavy (non-hydrogen) atoms. The third-order valence-electron chi connectivity index (χ3n) is 1.82. The summed E-state index contributed by atoms with van der Waals surface area (Å²) in [7, 11) is 0. The minimum Gasteiger partial charge on any atom is -0.384 e. The minimum absolute atomic E-state index is 0.542. The van der Waals surface area contributed by atoms with Gasteiger partial charge in [0.05, 0.1) is 0 Å². The molecule has 0 radical (unpaired) electrons. The van der Waals surface area contributed by atoms with Crippen LogP contribution in [0.4, 0.5) is 11.6 Å². The average molecular weight is 205 g/mol. The maximum absolute atomic E-state index is 5.56. The Morgan fingerprint density at radius 3 is 3.00 bits per heavy atom. The molecule has 0 atom stereocenters. The molecule has 3 N–H and O–H groups in total. The van der Waals surface area contributed by atoms with Gasteiger partial charge in [-0.05, 0) is 34.5 Å². The van der Waals surface area contributed by atoms with E-state index in [1.54, 1.807) is 17.4 Å². The number of pyridine rings is 1. The monoisotopic (exact) mass is 205 g/mol. The van der Waals surface area contributed by atoms with Crippen molar-refractivity contribution in [3.8, 4) is 0 Å². The summed E-state index contributed by atoms with van der Waals surface area (Å²) in [5.74, 6) is 1.36. The number of hydrogen-bond acceptors (Lipinski definition) is 4. The molecule has 2 aromatic heterocycles. The molecule has 2 heterocycles. The molecule has 0 fully saturated rings. The predicted molar refractivity (Wildman–Crippen MR) is 60.3 cm³/mol. The molecule has 4 heteroatoms. The molecule has 0 aliphatic carbocycles. The molecule has 0 saturated carbocycles. The van der Waals surface area contributed by atoms with E-state index in [9.17, 15) is 0 Å². The van der Waals surface area contributed by atoms with Crippen molar-refractivity contribution < 1.29 is 0 Å². The van der Waals surface area contributed by atoms with E-state index in [1.165, 1.54) is 5.56 Å². The Labute approximate surface area is 86.6 Å². The maximum Gasteiger partial charge on any atom is 0.128 e.